The Morgan fingerprint density at radius 2 is 1.92 bits per heavy atom. The highest BCUT2D eigenvalue weighted by Gasteiger charge is 1.97. The summed E-state index contributed by atoms with van der Waals surface area (Å²) in [5.41, 5.74) is 5.78. The first-order chi connectivity index (χ1) is 5.81. The second-order valence-electron chi connectivity index (χ2n) is 3.21. The van der Waals surface area contributed by atoms with E-state index in [0.717, 1.165) is 19.6 Å². The molecule has 1 atom stereocenters. The number of ether oxygens (including phenoxy) is 1. The minimum atomic E-state index is 0.414. The fraction of sp³-hybridized carbons (Fsp3) is 1.00. The van der Waals surface area contributed by atoms with E-state index in [4.69, 9.17) is 10.5 Å². The summed E-state index contributed by atoms with van der Waals surface area (Å²) in [7, 11) is 0. The SMILES string of the molecule is CCOCCCCCC(N)CC. The highest BCUT2D eigenvalue weighted by Crippen LogP contribution is 2.04. The van der Waals surface area contributed by atoms with Gasteiger partial charge in [0.1, 0.15) is 0 Å². The molecule has 12 heavy (non-hydrogen) atoms. The molecule has 0 aliphatic carbocycles. The molecule has 0 amide bonds. The van der Waals surface area contributed by atoms with E-state index < -0.39 is 0 Å². The standard InChI is InChI=1S/C10H23NO/c1-3-10(11)8-6-5-7-9-12-4-2/h10H,3-9,11H2,1-2H3. The summed E-state index contributed by atoms with van der Waals surface area (Å²) in [5, 5.41) is 0. The van der Waals surface area contributed by atoms with Gasteiger partial charge < -0.3 is 10.5 Å². The summed E-state index contributed by atoms with van der Waals surface area (Å²) < 4.78 is 5.24. The summed E-state index contributed by atoms with van der Waals surface area (Å²) in [6.45, 7) is 5.93. The van der Waals surface area contributed by atoms with Crippen LogP contribution in [-0.4, -0.2) is 19.3 Å². The predicted molar refractivity (Wildman–Crippen MR) is 53.2 cm³/mol. The molecule has 0 aliphatic heterocycles. The van der Waals surface area contributed by atoms with Crippen LogP contribution in [0.25, 0.3) is 0 Å². The largest absolute Gasteiger partial charge is 0.382 e. The molecule has 2 N–H and O–H groups in total. The van der Waals surface area contributed by atoms with Crippen LogP contribution in [0.5, 0.6) is 0 Å². The average molecular weight is 173 g/mol. The van der Waals surface area contributed by atoms with Crippen molar-refractivity contribution in [2.45, 2.75) is 52.0 Å². The Morgan fingerprint density at radius 3 is 2.50 bits per heavy atom. The van der Waals surface area contributed by atoms with E-state index >= 15 is 0 Å². The van der Waals surface area contributed by atoms with Gasteiger partial charge in [0, 0.05) is 19.3 Å². The lowest BCUT2D eigenvalue weighted by molar-refractivity contribution is 0.142. The zero-order valence-electron chi connectivity index (χ0n) is 8.51. The predicted octanol–water partition coefficient (Wildman–Crippen LogP) is 2.32. The molecule has 2 nitrogen and oxygen atoms in total. The molecule has 2 heteroatoms. The molecule has 74 valence electrons. The second kappa shape index (κ2) is 9.01. The third-order valence-electron chi connectivity index (χ3n) is 2.09. The minimum Gasteiger partial charge on any atom is -0.382 e. The number of hydrogen-bond acceptors (Lipinski definition) is 2. The summed E-state index contributed by atoms with van der Waals surface area (Å²) in [6.07, 6.45) is 5.97. The van der Waals surface area contributed by atoms with Crippen LogP contribution in [0.4, 0.5) is 0 Å². The van der Waals surface area contributed by atoms with Gasteiger partial charge in [-0.05, 0) is 26.2 Å². The van der Waals surface area contributed by atoms with E-state index in [1.807, 2.05) is 6.92 Å². The molecular formula is C10H23NO. The first-order valence-electron chi connectivity index (χ1n) is 5.14. The number of hydrogen-bond donors (Lipinski definition) is 1. The van der Waals surface area contributed by atoms with Gasteiger partial charge in [0.05, 0.1) is 0 Å². The molecule has 0 aliphatic rings. The Bertz CT molecular complexity index is 85.9. The third-order valence-corrected chi connectivity index (χ3v) is 2.09. The molecule has 0 radical (unpaired) electrons. The van der Waals surface area contributed by atoms with Crippen LogP contribution in [0.1, 0.15) is 46.0 Å². The highest BCUT2D eigenvalue weighted by molar-refractivity contribution is 4.57. The van der Waals surface area contributed by atoms with Crippen molar-refractivity contribution in [2.75, 3.05) is 13.2 Å². The molecule has 0 saturated heterocycles. The minimum absolute atomic E-state index is 0.414. The van der Waals surface area contributed by atoms with Crippen LogP contribution in [0.2, 0.25) is 0 Å². The monoisotopic (exact) mass is 173 g/mol. The maximum absolute atomic E-state index is 5.78. The Balaban J connectivity index is 2.90. The lowest BCUT2D eigenvalue weighted by Crippen LogP contribution is -2.17. The van der Waals surface area contributed by atoms with Crippen molar-refractivity contribution in [3.63, 3.8) is 0 Å². The molecule has 0 aromatic carbocycles. The van der Waals surface area contributed by atoms with Crippen molar-refractivity contribution in [1.82, 2.24) is 0 Å². The number of nitrogens with two attached hydrogens (primary N) is 1. The molecule has 1 unspecified atom stereocenters. The van der Waals surface area contributed by atoms with E-state index in [1.54, 1.807) is 0 Å². The van der Waals surface area contributed by atoms with Crippen LogP contribution in [0.3, 0.4) is 0 Å². The quantitative estimate of drug-likeness (QED) is 0.572. The van der Waals surface area contributed by atoms with Gasteiger partial charge in [-0.1, -0.05) is 19.8 Å². The summed E-state index contributed by atoms with van der Waals surface area (Å²) in [6, 6.07) is 0.414. The summed E-state index contributed by atoms with van der Waals surface area (Å²) in [4.78, 5) is 0. The van der Waals surface area contributed by atoms with E-state index in [0.29, 0.717) is 6.04 Å². The van der Waals surface area contributed by atoms with E-state index in [1.165, 1.54) is 25.7 Å². The van der Waals surface area contributed by atoms with Crippen molar-refractivity contribution in [3.8, 4) is 0 Å². The second-order valence-corrected chi connectivity index (χ2v) is 3.21. The molecule has 0 spiro atoms. The molecule has 0 saturated carbocycles. The maximum atomic E-state index is 5.78. The van der Waals surface area contributed by atoms with Gasteiger partial charge in [-0.15, -0.1) is 0 Å². The van der Waals surface area contributed by atoms with Gasteiger partial charge in [0.2, 0.25) is 0 Å². The van der Waals surface area contributed by atoms with E-state index in [-0.39, 0.29) is 0 Å². The van der Waals surface area contributed by atoms with Crippen LogP contribution in [0, 0.1) is 0 Å². The smallest absolute Gasteiger partial charge is 0.0465 e. The Kier molecular flexibility index (Phi) is 8.95. The molecule has 0 fully saturated rings. The Hall–Kier alpha value is -0.0800. The molecule has 0 rings (SSSR count). The van der Waals surface area contributed by atoms with Gasteiger partial charge in [0.25, 0.3) is 0 Å². The van der Waals surface area contributed by atoms with Crippen molar-refractivity contribution in [1.29, 1.82) is 0 Å². The zero-order valence-corrected chi connectivity index (χ0v) is 8.51. The molecule has 0 bridgehead atoms. The Morgan fingerprint density at radius 1 is 1.17 bits per heavy atom. The zero-order chi connectivity index (χ0) is 9.23. The van der Waals surface area contributed by atoms with Crippen LogP contribution < -0.4 is 5.73 Å². The first kappa shape index (κ1) is 11.9. The van der Waals surface area contributed by atoms with Gasteiger partial charge in [-0.3, -0.25) is 0 Å². The van der Waals surface area contributed by atoms with Crippen LogP contribution in [-0.2, 0) is 4.74 Å². The van der Waals surface area contributed by atoms with Crippen molar-refractivity contribution in [2.24, 2.45) is 5.73 Å². The van der Waals surface area contributed by atoms with Gasteiger partial charge in [0.15, 0.2) is 0 Å². The normalized spacial score (nSPS) is 13.2. The molecule has 0 aromatic rings. The molecule has 0 aromatic heterocycles. The number of unbranched alkanes of at least 4 members (excludes halogenated alkanes) is 2. The Labute approximate surface area is 76.5 Å². The van der Waals surface area contributed by atoms with E-state index in [9.17, 15) is 0 Å². The molecular weight excluding hydrogens is 150 g/mol. The lowest BCUT2D eigenvalue weighted by atomic mass is 10.1. The van der Waals surface area contributed by atoms with Crippen molar-refractivity contribution < 1.29 is 4.74 Å². The number of rotatable bonds is 8. The van der Waals surface area contributed by atoms with Crippen molar-refractivity contribution in [3.05, 3.63) is 0 Å². The highest BCUT2D eigenvalue weighted by atomic mass is 16.5. The van der Waals surface area contributed by atoms with Gasteiger partial charge in [-0.2, -0.15) is 0 Å². The van der Waals surface area contributed by atoms with Gasteiger partial charge >= 0.3 is 0 Å². The third kappa shape index (κ3) is 8.02. The first-order valence-corrected chi connectivity index (χ1v) is 5.14. The van der Waals surface area contributed by atoms with Crippen molar-refractivity contribution >= 4 is 0 Å². The van der Waals surface area contributed by atoms with Crippen LogP contribution >= 0.6 is 0 Å². The van der Waals surface area contributed by atoms with Crippen LogP contribution in [0.15, 0.2) is 0 Å². The van der Waals surface area contributed by atoms with Gasteiger partial charge in [-0.25, -0.2) is 0 Å². The van der Waals surface area contributed by atoms with E-state index in [2.05, 4.69) is 6.92 Å². The fourth-order valence-electron chi connectivity index (χ4n) is 1.14. The average Bonchev–Trinajstić information content (AvgIpc) is 2.10. The lowest BCUT2D eigenvalue weighted by Gasteiger charge is -2.07. The summed E-state index contributed by atoms with van der Waals surface area (Å²) >= 11 is 0. The fourth-order valence-corrected chi connectivity index (χ4v) is 1.14. The molecule has 0 heterocycles. The topological polar surface area (TPSA) is 35.2 Å². The summed E-state index contributed by atoms with van der Waals surface area (Å²) in [5.74, 6) is 0. The maximum Gasteiger partial charge on any atom is 0.0465 e.